The number of nitrogens with zero attached hydrogens (tertiary/aromatic N) is 2. The number of nitrogens with one attached hydrogen (secondary N) is 1. The number of benzene rings is 1. The van der Waals surface area contributed by atoms with Crippen LogP contribution in [0.1, 0.15) is 29.6 Å². The van der Waals surface area contributed by atoms with Crippen LogP contribution in [0.25, 0.3) is 5.69 Å². The Labute approximate surface area is 173 Å². The van der Waals surface area contributed by atoms with E-state index in [1.165, 1.54) is 15.5 Å². The van der Waals surface area contributed by atoms with Gasteiger partial charge in [-0.1, -0.05) is 6.07 Å². The fourth-order valence-electron chi connectivity index (χ4n) is 3.78. The molecule has 0 bridgehead atoms. The van der Waals surface area contributed by atoms with Crippen molar-refractivity contribution in [2.24, 2.45) is 11.7 Å². The lowest BCUT2D eigenvalue weighted by Gasteiger charge is -2.39. The molecule has 3 amide bonds. The first kappa shape index (κ1) is 19.9. The summed E-state index contributed by atoms with van der Waals surface area (Å²) < 4.78 is 1.47. The number of aromatic nitrogens is 1. The maximum atomic E-state index is 12.8. The number of pyridine rings is 1. The molecule has 3 N–H and O–H groups in total. The van der Waals surface area contributed by atoms with Gasteiger partial charge in [0.25, 0.3) is 11.5 Å². The minimum Gasteiger partial charge on any atom is -0.368 e. The standard InChI is InChI=1S/C22H23N4O4/c23-20(28)19-17(4-3-13-26(19)22(30)15-6-7-15)24-21(29)14-8-10-16(11-9-14)25-12-2-1-5-18(25)27/h1-2,4-5,8-12,15,17,19H,3,6-7,13H2,(H2,23,28)(H,24,29). The summed E-state index contributed by atoms with van der Waals surface area (Å²) in [5.74, 6) is -1.11. The molecular formula is C22H23N4O4. The zero-order chi connectivity index (χ0) is 21.3. The van der Waals surface area contributed by atoms with Gasteiger partial charge < -0.3 is 16.0 Å². The lowest BCUT2D eigenvalue weighted by molar-refractivity contribution is -0.142. The Morgan fingerprint density at radius 2 is 1.77 bits per heavy atom. The van der Waals surface area contributed by atoms with Crippen molar-refractivity contribution < 1.29 is 14.4 Å². The van der Waals surface area contributed by atoms with Crippen LogP contribution in [0.15, 0.2) is 53.5 Å². The number of carbonyl (C=O) groups excluding carboxylic acids is 3. The number of hydrogen-bond acceptors (Lipinski definition) is 4. The second-order valence-corrected chi connectivity index (χ2v) is 7.63. The molecule has 1 aromatic carbocycles. The monoisotopic (exact) mass is 407 g/mol. The van der Waals surface area contributed by atoms with E-state index in [9.17, 15) is 19.2 Å². The molecule has 155 valence electrons. The van der Waals surface area contributed by atoms with Crippen LogP contribution >= 0.6 is 0 Å². The number of carbonyl (C=O) groups is 3. The molecular weight excluding hydrogens is 384 g/mol. The Morgan fingerprint density at radius 3 is 2.40 bits per heavy atom. The molecule has 8 heteroatoms. The van der Waals surface area contributed by atoms with E-state index in [1.54, 1.807) is 42.6 Å². The molecule has 2 aliphatic rings. The number of likely N-dealkylation sites (tertiary alicyclic amines) is 1. The Morgan fingerprint density at radius 1 is 1.03 bits per heavy atom. The molecule has 1 aliphatic heterocycles. The van der Waals surface area contributed by atoms with E-state index in [2.05, 4.69) is 5.32 Å². The SMILES string of the molecule is NC(=O)C1C(NC(=O)c2ccc(-n3ccccc3=O)cc2)[CH]CCN1C(=O)C1CC1. The van der Waals surface area contributed by atoms with Crippen molar-refractivity contribution in [3.05, 3.63) is 71.0 Å². The smallest absolute Gasteiger partial charge is 0.255 e. The molecule has 1 saturated heterocycles. The van der Waals surface area contributed by atoms with E-state index in [1.807, 2.05) is 6.42 Å². The summed E-state index contributed by atoms with van der Waals surface area (Å²) in [6.45, 7) is 0.426. The van der Waals surface area contributed by atoms with Gasteiger partial charge >= 0.3 is 0 Å². The third-order valence-corrected chi connectivity index (χ3v) is 5.50. The second-order valence-electron chi connectivity index (χ2n) is 7.63. The molecule has 1 aliphatic carbocycles. The van der Waals surface area contributed by atoms with Crippen LogP contribution in [0.2, 0.25) is 0 Å². The lowest BCUT2D eigenvalue weighted by Crippen LogP contribution is -2.62. The Kier molecular flexibility index (Phi) is 5.39. The van der Waals surface area contributed by atoms with Crippen LogP contribution in [-0.2, 0) is 9.59 Å². The molecule has 2 atom stereocenters. The van der Waals surface area contributed by atoms with Gasteiger partial charge in [0, 0.05) is 36.0 Å². The number of piperidine rings is 1. The first-order valence-corrected chi connectivity index (χ1v) is 9.98. The highest BCUT2D eigenvalue weighted by Gasteiger charge is 2.43. The lowest BCUT2D eigenvalue weighted by atomic mass is 9.94. The van der Waals surface area contributed by atoms with Crippen LogP contribution in [0.3, 0.4) is 0 Å². The summed E-state index contributed by atoms with van der Waals surface area (Å²) in [4.78, 5) is 50.9. The molecule has 1 saturated carbocycles. The third-order valence-electron chi connectivity index (χ3n) is 5.50. The average Bonchev–Trinajstić information content (AvgIpc) is 3.59. The summed E-state index contributed by atoms with van der Waals surface area (Å²) >= 11 is 0. The Hall–Kier alpha value is -3.42. The van der Waals surface area contributed by atoms with Crippen LogP contribution < -0.4 is 16.6 Å². The molecule has 2 fully saturated rings. The van der Waals surface area contributed by atoms with Crippen molar-refractivity contribution in [1.82, 2.24) is 14.8 Å². The van der Waals surface area contributed by atoms with Crippen LogP contribution in [0.5, 0.6) is 0 Å². The molecule has 0 spiro atoms. The number of rotatable bonds is 5. The van der Waals surface area contributed by atoms with Crippen LogP contribution in [0, 0.1) is 12.3 Å². The van der Waals surface area contributed by atoms with Gasteiger partial charge in [-0.3, -0.25) is 23.7 Å². The fraction of sp³-hybridized carbons (Fsp3) is 0.318. The van der Waals surface area contributed by atoms with Gasteiger partial charge in [-0.25, -0.2) is 0 Å². The van der Waals surface area contributed by atoms with Gasteiger partial charge in [0.1, 0.15) is 6.04 Å². The van der Waals surface area contributed by atoms with E-state index < -0.39 is 18.0 Å². The highest BCUT2D eigenvalue weighted by Crippen LogP contribution is 2.33. The average molecular weight is 407 g/mol. The van der Waals surface area contributed by atoms with Crippen molar-refractivity contribution in [2.45, 2.75) is 31.3 Å². The van der Waals surface area contributed by atoms with Gasteiger partial charge in [0.2, 0.25) is 11.8 Å². The second kappa shape index (κ2) is 8.14. The van der Waals surface area contributed by atoms with Crippen molar-refractivity contribution in [3.8, 4) is 5.69 Å². The number of primary amides is 1. The first-order valence-electron chi connectivity index (χ1n) is 9.98. The zero-order valence-corrected chi connectivity index (χ0v) is 16.4. The summed E-state index contributed by atoms with van der Waals surface area (Å²) in [5, 5.41) is 2.82. The van der Waals surface area contributed by atoms with Crippen molar-refractivity contribution >= 4 is 17.7 Å². The van der Waals surface area contributed by atoms with E-state index in [4.69, 9.17) is 5.73 Å². The first-order chi connectivity index (χ1) is 14.5. The molecule has 2 unspecified atom stereocenters. The van der Waals surface area contributed by atoms with E-state index in [-0.39, 0.29) is 23.3 Å². The van der Waals surface area contributed by atoms with Crippen molar-refractivity contribution in [3.63, 3.8) is 0 Å². The largest absolute Gasteiger partial charge is 0.368 e. The molecule has 1 aromatic heterocycles. The van der Waals surface area contributed by atoms with E-state index in [0.29, 0.717) is 24.2 Å². The third kappa shape index (κ3) is 3.98. The van der Waals surface area contributed by atoms with Crippen molar-refractivity contribution in [1.29, 1.82) is 0 Å². The molecule has 1 radical (unpaired) electrons. The topological polar surface area (TPSA) is 114 Å². The Bertz CT molecular complexity index is 1030. The van der Waals surface area contributed by atoms with Gasteiger partial charge in [-0.15, -0.1) is 0 Å². The van der Waals surface area contributed by atoms with Gasteiger partial charge in [0.15, 0.2) is 0 Å². The maximum absolute atomic E-state index is 12.8. The fourth-order valence-corrected chi connectivity index (χ4v) is 3.78. The molecule has 8 nitrogen and oxygen atoms in total. The predicted octanol–water partition coefficient (Wildman–Crippen LogP) is 0.636. The molecule has 4 rings (SSSR count). The van der Waals surface area contributed by atoms with Gasteiger partial charge in [0.05, 0.1) is 6.04 Å². The summed E-state index contributed by atoms with van der Waals surface area (Å²) in [6, 6.07) is 9.90. The summed E-state index contributed by atoms with van der Waals surface area (Å²) in [5.41, 5.74) is 6.43. The van der Waals surface area contributed by atoms with Gasteiger partial charge in [-0.2, -0.15) is 0 Å². The molecule has 2 heterocycles. The molecule has 2 aromatic rings. The minimum atomic E-state index is -0.891. The predicted molar refractivity (Wildman–Crippen MR) is 110 cm³/mol. The van der Waals surface area contributed by atoms with Crippen LogP contribution in [-0.4, -0.2) is 45.8 Å². The van der Waals surface area contributed by atoms with E-state index in [0.717, 1.165) is 12.8 Å². The van der Waals surface area contributed by atoms with Gasteiger partial charge in [-0.05, 0) is 56.0 Å². The van der Waals surface area contributed by atoms with Crippen LogP contribution in [0.4, 0.5) is 0 Å². The number of nitrogens with two attached hydrogens (primary N) is 1. The number of hydrogen-bond donors (Lipinski definition) is 2. The minimum absolute atomic E-state index is 0.0322. The highest BCUT2D eigenvalue weighted by molar-refractivity contribution is 5.96. The normalized spacial score (nSPS) is 21.1. The molecule has 30 heavy (non-hydrogen) atoms. The van der Waals surface area contributed by atoms with Crippen molar-refractivity contribution in [2.75, 3.05) is 6.54 Å². The quantitative estimate of drug-likeness (QED) is 0.757. The number of amides is 3. The highest BCUT2D eigenvalue weighted by atomic mass is 16.2. The summed E-state index contributed by atoms with van der Waals surface area (Å²) in [7, 11) is 0. The maximum Gasteiger partial charge on any atom is 0.255 e. The summed E-state index contributed by atoms with van der Waals surface area (Å²) in [6.07, 6.45) is 5.71. The Balaban J connectivity index is 1.49. The zero-order valence-electron chi connectivity index (χ0n) is 16.4. The van der Waals surface area contributed by atoms with E-state index >= 15 is 0 Å².